The number of thiazole rings is 1. The Morgan fingerprint density at radius 1 is 1.07 bits per heavy atom. The number of aromatic nitrogens is 2. The van der Waals surface area contributed by atoms with Crippen LogP contribution in [0.2, 0.25) is 0 Å². The van der Waals surface area contributed by atoms with Crippen LogP contribution in [0.5, 0.6) is 0 Å². The molecule has 0 aliphatic rings. The monoisotopic (exact) mass is 442 g/mol. The van der Waals surface area contributed by atoms with Crippen molar-refractivity contribution in [1.29, 1.82) is 0 Å². The molecule has 0 atom stereocenters. The molecule has 0 spiro atoms. The highest BCUT2D eigenvalue weighted by atomic mass is 32.1. The minimum absolute atomic E-state index is 0.122. The average Bonchev–Trinajstić information content (AvgIpc) is 3.20. The smallest absolute Gasteiger partial charge is 0.475 e. The maximum Gasteiger partial charge on any atom is 0.490 e. The molecule has 0 unspecified atom stereocenters. The first kappa shape index (κ1) is 22.7. The lowest BCUT2D eigenvalue weighted by molar-refractivity contribution is -0.192. The third-order valence-electron chi connectivity index (χ3n) is 3.28. The summed E-state index contributed by atoms with van der Waals surface area (Å²) in [6.07, 6.45) is -1.82. The molecule has 1 aromatic carbocycles. The Kier molecular flexibility index (Phi) is 7.81. The van der Waals surface area contributed by atoms with E-state index >= 15 is 0 Å². The largest absolute Gasteiger partial charge is 0.490 e. The molecule has 30 heavy (non-hydrogen) atoms. The number of hydrogen-bond donors (Lipinski definition) is 3. The van der Waals surface area contributed by atoms with Gasteiger partial charge in [0, 0.05) is 17.1 Å². The Hall–Kier alpha value is -3.54. The topological polar surface area (TPSA) is 104 Å². The zero-order valence-electron chi connectivity index (χ0n) is 15.0. The number of hydrogen-bond acceptors (Lipinski definition) is 6. The van der Waals surface area contributed by atoms with E-state index in [9.17, 15) is 22.4 Å². The van der Waals surface area contributed by atoms with E-state index in [1.165, 1.54) is 23.5 Å². The Morgan fingerprint density at radius 2 is 1.73 bits per heavy atom. The van der Waals surface area contributed by atoms with Gasteiger partial charge < -0.3 is 15.7 Å². The lowest BCUT2D eigenvalue weighted by Crippen LogP contribution is -2.21. The standard InChI is InChI=1S/C16H13FN4OS.C2HF3O2/c17-12-3-1-11(2-4-12)14-6-5-13(9-20-14)19-10-15(22)21-16-18-7-8-23-16;3-2(4,5)1(6)7/h1-9,19H,10H2,(H,18,21,22);(H,6,7). The number of benzene rings is 1. The van der Waals surface area contributed by atoms with Gasteiger partial charge in [-0.3, -0.25) is 9.78 Å². The highest BCUT2D eigenvalue weighted by Crippen LogP contribution is 2.19. The fourth-order valence-electron chi connectivity index (χ4n) is 1.92. The van der Waals surface area contributed by atoms with Gasteiger partial charge in [-0.25, -0.2) is 14.2 Å². The number of carboxylic acid groups (broad SMARTS) is 1. The summed E-state index contributed by atoms with van der Waals surface area (Å²) >= 11 is 1.36. The Balaban J connectivity index is 0.000000396. The van der Waals surface area contributed by atoms with Gasteiger partial charge in [-0.1, -0.05) is 0 Å². The maximum atomic E-state index is 12.9. The van der Waals surface area contributed by atoms with Crippen LogP contribution >= 0.6 is 11.3 Å². The third kappa shape index (κ3) is 7.47. The van der Waals surface area contributed by atoms with Crippen molar-refractivity contribution in [1.82, 2.24) is 9.97 Å². The predicted octanol–water partition coefficient (Wildman–Crippen LogP) is 4.03. The van der Waals surface area contributed by atoms with Crippen molar-refractivity contribution in [3.05, 3.63) is 60.0 Å². The normalized spacial score (nSPS) is 10.5. The fraction of sp³-hybridized carbons (Fsp3) is 0.111. The van der Waals surface area contributed by atoms with Crippen molar-refractivity contribution in [3.63, 3.8) is 0 Å². The van der Waals surface area contributed by atoms with Crippen molar-refractivity contribution in [2.75, 3.05) is 17.2 Å². The van der Waals surface area contributed by atoms with E-state index in [-0.39, 0.29) is 18.3 Å². The first-order valence-corrected chi connectivity index (χ1v) is 8.98. The van der Waals surface area contributed by atoms with Crippen molar-refractivity contribution in [2.24, 2.45) is 0 Å². The van der Waals surface area contributed by atoms with Gasteiger partial charge in [-0.2, -0.15) is 13.2 Å². The number of rotatable bonds is 5. The molecule has 2 heterocycles. The van der Waals surface area contributed by atoms with E-state index in [1.54, 1.807) is 29.9 Å². The number of anilines is 2. The van der Waals surface area contributed by atoms with Gasteiger partial charge in [-0.15, -0.1) is 11.3 Å². The molecule has 3 aromatic rings. The van der Waals surface area contributed by atoms with E-state index in [4.69, 9.17) is 9.90 Å². The molecular weight excluding hydrogens is 428 g/mol. The van der Waals surface area contributed by atoms with Gasteiger partial charge in [0.15, 0.2) is 5.13 Å². The molecule has 0 bridgehead atoms. The molecule has 0 saturated carbocycles. The summed E-state index contributed by atoms with van der Waals surface area (Å²) in [5, 5.41) is 15.2. The van der Waals surface area contributed by atoms with Gasteiger partial charge in [0.05, 0.1) is 24.1 Å². The molecular formula is C18H14F4N4O3S. The molecule has 3 rings (SSSR count). The number of halogens is 4. The fourth-order valence-corrected chi connectivity index (χ4v) is 2.47. The summed E-state index contributed by atoms with van der Waals surface area (Å²) in [6.45, 7) is 0.122. The van der Waals surface area contributed by atoms with E-state index in [0.717, 1.165) is 16.9 Å². The Bertz CT molecular complexity index is 963. The van der Waals surface area contributed by atoms with Gasteiger partial charge in [0.1, 0.15) is 5.82 Å². The number of nitrogens with zero attached hydrogens (tertiary/aromatic N) is 2. The number of aliphatic carboxylic acids is 1. The van der Waals surface area contributed by atoms with Crippen LogP contribution in [0.25, 0.3) is 11.3 Å². The Labute approximate surface area is 171 Å². The summed E-state index contributed by atoms with van der Waals surface area (Å²) < 4.78 is 44.6. The second-order valence-electron chi connectivity index (χ2n) is 5.48. The van der Waals surface area contributed by atoms with Crippen LogP contribution < -0.4 is 10.6 Å². The van der Waals surface area contributed by atoms with Crippen molar-refractivity contribution < 1.29 is 32.3 Å². The molecule has 7 nitrogen and oxygen atoms in total. The highest BCUT2D eigenvalue weighted by Gasteiger charge is 2.38. The van der Waals surface area contributed by atoms with Gasteiger partial charge in [0.25, 0.3) is 0 Å². The predicted molar refractivity (Wildman–Crippen MR) is 103 cm³/mol. The summed E-state index contributed by atoms with van der Waals surface area (Å²) in [4.78, 5) is 28.9. The van der Waals surface area contributed by atoms with Crippen LogP contribution in [-0.2, 0) is 9.59 Å². The van der Waals surface area contributed by atoms with E-state index < -0.39 is 12.1 Å². The zero-order valence-corrected chi connectivity index (χ0v) is 15.8. The zero-order chi connectivity index (χ0) is 22.1. The van der Waals surface area contributed by atoms with Gasteiger partial charge in [-0.05, 0) is 36.4 Å². The number of nitrogens with one attached hydrogen (secondary N) is 2. The van der Waals surface area contributed by atoms with Crippen LogP contribution in [0.15, 0.2) is 54.2 Å². The molecule has 1 amide bonds. The van der Waals surface area contributed by atoms with Gasteiger partial charge >= 0.3 is 12.1 Å². The minimum Gasteiger partial charge on any atom is -0.475 e. The summed E-state index contributed by atoms with van der Waals surface area (Å²) in [5.74, 6) is -3.21. The average molecular weight is 442 g/mol. The Morgan fingerprint density at radius 3 is 2.23 bits per heavy atom. The van der Waals surface area contributed by atoms with Crippen LogP contribution in [0.4, 0.5) is 28.4 Å². The number of alkyl halides is 3. The SMILES string of the molecule is O=C(CNc1ccc(-c2ccc(F)cc2)nc1)Nc1nccs1.O=C(O)C(F)(F)F. The van der Waals surface area contributed by atoms with Crippen LogP contribution in [-0.4, -0.2) is 39.7 Å². The number of carboxylic acids is 1. The molecule has 12 heteroatoms. The summed E-state index contributed by atoms with van der Waals surface area (Å²) in [6, 6.07) is 9.77. The minimum atomic E-state index is -5.08. The van der Waals surface area contributed by atoms with E-state index in [2.05, 4.69) is 20.6 Å². The lowest BCUT2D eigenvalue weighted by Gasteiger charge is -2.07. The summed E-state index contributed by atoms with van der Waals surface area (Å²) in [7, 11) is 0. The maximum absolute atomic E-state index is 12.9. The van der Waals surface area contributed by atoms with Crippen molar-refractivity contribution >= 4 is 34.0 Å². The summed E-state index contributed by atoms with van der Waals surface area (Å²) in [5.41, 5.74) is 2.30. The molecule has 3 N–H and O–H groups in total. The van der Waals surface area contributed by atoms with Gasteiger partial charge in [0.2, 0.25) is 5.91 Å². The third-order valence-corrected chi connectivity index (χ3v) is 3.97. The van der Waals surface area contributed by atoms with Crippen LogP contribution in [0.1, 0.15) is 0 Å². The molecule has 158 valence electrons. The molecule has 0 saturated heterocycles. The van der Waals surface area contributed by atoms with Crippen molar-refractivity contribution in [3.8, 4) is 11.3 Å². The van der Waals surface area contributed by atoms with E-state index in [1.807, 2.05) is 12.1 Å². The second kappa shape index (κ2) is 10.3. The highest BCUT2D eigenvalue weighted by molar-refractivity contribution is 7.13. The molecule has 0 radical (unpaired) electrons. The number of carbonyl (C=O) groups excluding carboxylic acids is 1. The number of amides is 1. The number of pyridine rings is 1. The van der Waals surface area contributed by atoms with Crippen LogP contribution in [0, 0.1) is 5.82 Å². The molecule has 0 aliphatic heterocycles. The first-order valence-electron chi connectivity index (χ1n) is 8.10. The van der Waals surface area contributed by atoms with E-state index in [0.29, 0.717) is 5.13 Å². The van der Waals surface area contributed by atoms with Crippen LogP contribution in [0.3, 0.4) is 0 Å². The molecule has 0 aliphatic carbocycles. The van der Waals surface area contributed by atoms with Crippen molar-refractivity contribution in [2.45, 2.75) is 6.18 Å². The quantitative estimate of drug-likeness (QED) is 0.516. The lowest BCUT2D eigenvalue weighted by atomic mass is 10.1. The number of carbonyl (C=O) groups is 2. The molecule has 2 aromatic heterocycles. The molecule has 0 fully saturated rings. The second-order valence-corrected chi connectivity index (χ2v) is 6.38. The first-order chi connectivity index (χ1) is 14.1.